The van der Waals surface area contributed by atoms with Crippen LogP contribution in [0.1, 0.15) is 27.2 Å². The molecular formula is C9H16O2. The predicted molar refractivity (Wildman–Crippen MR) is 45.3 cm³/mol. The van der Waals surface area contributed by atoms with E-state index in [0.29, 0.717) is 6.42 Å². The van der Waals surface area contributed by atoms with Crippen molar-refractivity contribution in [3.8, 4) is 0 Å². The minimum atomic E-state index is -0.376. The highest BCUT2D eigenvalue weighted by Crippen LogP contribution is 2.21. The molecule has 0 aliphatic heterocycles. The van der Waals surface area contributed by atoms with Crippen molar-refractivity contribution in [3.63, 3.8) is 0 Å². The lowest BCUT2D eigenvalue weighted by Crippen LogP contribution is -2.24. The number of hydrogen-bond donors (Lipinski definition) is 1. The monoisotopic (exact) mass is 156 g/mol. The summed E-state index contributed by atoms with van der Waals surface area (Å²) in [4.78, 5) is 9.87. The van der Waals surface area contributed by atoms with E-state index >= 15 is 0 Å². The van der Waals surface area contributed by atoms with E-state index in [1.54, 1.807) is 6.08 Å². The Morgan fingerprint density at radius 1 is 1.45 bits per heavy atom. The Labute approximate surface area is 67.9 Å². The van der Waals surface area contributed by atoms with Crippen molar-refractivity contribution in [1.29, 1.82) is 0 Å². The maximum Gasteiger partial charge on any atom is 0.142 e. The average Bonchev–Trinajstić information content (AvgIpc) is 1.86. The van der Waals surface area contributed by atoms with Gasteiger partial charge in [0, 0.05) is 0 Å². The smallest absolute Gasteiger partial charge is 0.142 e. The van der Waals surface area contributed by atoms with Crippen molar-refractivity contribution in [3.05, 3.63) is 12.2 Å². The van der Waals surface area contributed by atoms with E-state index < -0.39 is 0 Å². The van der Waals surface area contributed by atoms with Crippen LogP contribution < -0.4 is 0 Å². The second-order valence-corrected chi connectivity index (χ2v) is 3.68. The molecule has 0 aliphatic carbocycles. The van der Waals surface area contributed by atoms with Gasteiger partial charge in [-0.25, -0.2) is 0 Å². The summed E-state index contributed by atoms with van der Waals surface area (Å²) in [6.07, 6.45) is 3.98. The number of carbonyl (C=O) groups excluding carboxylic acids is 1. The van der Waals surface area contributed by atoms with Crippen molar-refractivity contribution in [2.24, 2.45) is 5.41 Å². The van der Waals surface area contributed by atoms with E-state index in [2.05, 4.69) is 0 Å². The number of aliphatic hydroxyl groups is 1. The highest BCUT2D eigenvalue weighted by molar-refractivity contribution is 5.64. The fourth-order valence-corrected chi connectivity index (χ4v) is 0.617. The summed E-state index contributed by atoms with van der Waals surface area (Å²) in [6, 6.07) is 0. The third-order valence-electron chi connectivity index (χ3n) is 1.57. The molecule has 0 aromatic rings. The van der Waals surface area contributed by atoms with Gasteiger partial charge in [0.15, 0.2) is 0 Å². The molecule has 0 saturated carbocycles. The van der Waals surface area contributed by atoms with Crippen LogP contribution in [0.25, 0.3) is 0 Å². The van der Waals surface area contributed by atoms with Crippen LogP contribution in [0.4, 0.5) is 0 Å². The van der Waals surface area contributed by atoms with Crippen molar-refractivity contribution in [2.75, 3.05) is 0 Å². The van der Waals surface area contributed by atoms with Crippen LogP contribution in [0.2, 0.25) is 0 Å². The number of aldehydes is 1. The molecule has 0 aliphatic rings. The minimum Gasteiger partial charge on any atom is -0.392 e. The largest absolute Gasteiger partial charge is 0.392 e. The predicted octanol–water partition coefficient (Wildman–Crippen LogP) is 1.54. The molecule has 0 bridgehead atoms. The van der Waals surface area contributed by atoms with Crippen LogP contribution >= 0.6 is 0 Å². The molecule has 64 valence electrons. The summed E-state index contributed by atoms with van der Waals surface area (Å²) < 4.78 is 0. The quantitative estimate of drug-likeness (QED) is 0.497. The van der Waals surface area contributed by atoms with Crippen LogP contribution in [-0.4, -0.2) is 17.5 Å². The topological polar surface area (TPSA) is 37.3 Å². The van der Waals surface area contributed by atoms with Gasteiger partial charge in [-0.15, -0.1) is 0 Å². The highest BCUT2D eigenvalue weighted by Gasteiger charge is 2.20. The molecule has 0 spiro atoms. The molecule has 0 radical (unpaired) electrons. The first-order valence-corrected chi connectivity index (χ1v) is 3.77. The lowest BCUT2D eigenvalue weighted by Gasteiger charge is -2.24. The molecular weight excluding hydrogens is 140 g/mol. The van der Waals surface area contributed by atoms with Crippen LogP contribution in [-0.2, 0) is 4.79 Å². The van der Waals surface area contributed by atoms with Crippen molar-refractivity contribution < 1.29 is 9.90 Å². The number of allylic oxidation sites excluding steroid dienone is 1. The number of rotatable bonds is 3. The summed E-state index contributed by atoms with van der Waals surface area (Å²) in [7, 11) is 0. The van der Waals surface area contributed by atoms with E-state index in [1.165, 1.54) is 6.08 Å². The second kappa shape index (κ2) is 4.29. The normalized spacial score (nSPS) is 15.3. The maximum absolute atomic E-state index is 9.87. The molecule has 0 saturated heterocycles. The zero-order chi connectivity index (χ0) is 8.91. The Kier molecular flexibility index (Phi) is 4.04. The molecule has 1 N–H and O–H groups in total. The Balaban J connectivity index is 3.78. The van der Waals surface area contributed by atoms with Crippen LogP contribution in [0.5, 0.6) is 0 Å². The first-order chi connectivity index (χ1) is 4.98. The molecule has 0 heterocycles. The van der Waals surface area contributed by atoms with Gasteiger partial charge in [0.2, 0.25) is 0 Å². The maximum atomic E-state index is 9.87. The van der Waals surface area contributed by atoms with Gasteiger partial charge in [-0.3, -0.25) is 4.79 Å². The number of carbonyl (C=O) groups is 1. The lowest BCUT2D eigenvalue weighted by molar-refractivity contribution is -0.104. The first kappa shape index (κ1) is 10.4. The summed E-state index contributed by atoms with van der Waals surface area (Å²) in [5.41, 5.74) is -0.104. The lowest BCUT2D eigenvalue weighted by atomic mass is 9.87. The summed E-state index contributed by atoms with van der Waals surface area (Å²) in [5, 5.41) is 9.45. The molecule has 0 aromatic heterocycles. The molecule has 1 unspecified atom stereocenters. The second-order valence-electron chi connectivity index (χ2n) is 3.68. The average molecular weight is 156 g/mol. The summed E-state index contributed by atoms with van der Waals surface area (Å²) in [5.74, 6) is 0. The SMILES string of the molecule is CC(C)(C)C(O)C/C=C/C=O. The summed E-state index contributed by atoms with van der Waals surface area (Å²) in [6.45, 7) is 5.89. The van der Waals surface area contributed by atoms with Crippen LogP contribution in [0.3, 0.4) is 0 Å². The molecule has 1 atom stereocenters. The molecule has 0 aromatic carbocycles. The molecule has 2 heteroatoms. The molecule has 0 amide bonds. The third-order valence-corrected chi connectivity index (χ3v) is 1.57. The molecule has 2 nitrogen and oxygen atoms in total. The molecule has 0 rings (SSSR count). The molecule has 0 fully saturated rings. The fourth-order valence-electron chi connectivity index (χ4n) is 0.617. The van der Waals surface area contributed by atoms with E-state index in [-0.39, 0.29) is 11.5 Å². The van der Waals surface area contributed by atoms with Crippen molar-refractivity contribution >= 4 is 6.29 Å². The Hall–Kier alpha value is -0.630. The van der Waals surface area contributed by atoms with E-state index in [4.69, 9.17) is 0 Å². The Morgan fingerprint density at radius 2 is 2.00 bits per heavy atom. The fraction of sp³-hybridized carbons (Fsp3) is 0.667. The van der Waals surface area contributed by atoms with E-state index in [1.807, 2.05) is 20.8 Å². The standard InChI is InChI=1S/C9H16O2/c1-9(2,3)8(11)6-4-5-7-10/h4-5,7-8,11H,6H2,1-3H3/b5-4+. The summed E-state index contributed by atoms with van der Waals surface area (Å²) >= 11 is 0. The van der Waals surface area contributed by atoms with Gasteiger partial charge in [-0.05, 0) is 17.9 Å². The van der Waals surface area contributed by atoms with Gasteiger partial charge in [0.25, 0.3) is 0 Å². The minimum absolute atomic E-state index is 0.104. The van der Waals surface area contributed by atoms with Crippen molar-refractivity contribution in [2.45, 2.75) is 33.3 Å². The third kappa shape index (κ3) is 4.73. The molecule has 11 heavy (non-hydrogen) atoms. The van der Waals surface area contributed by atoms with Gasteiger partial charge >= 0.3 is 0 Å². The van der Waals surface area contributed by atoms with Gasteiger partial charge in [-0.2, -0.15) is 0 Å². The van der Waals surface area contributed by atoms with Crippen molar-refractivity contribution in [1.82, 2.24) is 0 Å². The van der Waals surface area contributed by atoms with Gasteiger partial charge < -0.3 is 5.11 Å². The van der Waals surface area contributed by atoms with Crippen LogP contribution in [0, 0.1) is 5.41 Å². The van der Waals surface area contributed by atoms with Gasteiger partial charge in [-0.1, -0.05) is 26.8 Å². The number of hydrogen-bond acceptors (Lipinski definition) is 2. The van der Waals surface area contributed by atoms with E-state index in [9.17, 15) is 9.90 Å². The van der Waals surface area contributed by atoms with Gasteiger partial charge in [0.05, 0.1) is 6.10 Å². The Morgan fingerprint density at radius 3 is 2.36 bits per heavy atom. The van der Waals surface area contributed by atoms with Crippen LogP contribution in [0.15, 0.2) is 12.2 Å². The first-order valence-electron chi connectivity index (χ1n) is 3.77. The Bertz CT molecular complexity index is 142. The van der Waals surface area contributed by atoms with Gasteiger partial charge in [0.1, 0.15) is 6.29 Å². The zero-order valence-corrected chi connectivity index (χ0v) is 7.37. The zero-order valence-electron chi connectivity index (χ0n) is 7.37. The number of aliphatic hydroxyl groups excluding tert-OH is 1. The highest BCUT2D eigenvalue weighted by atomic mass is 16.3. The van der Waals surface area contributed by atoms with E-state index in [0.717, 1.165) is 6.29 Å².